The van der Waals surface area contributed by atoms with Crippen LogP contribution >= 0.6 is 0 Å². The fourth-order valence-corrected chi connectivity index (χ4v) is 4.82. The first-order chi connectivity index (χ1) is 14.1. The molecule has 10 heteroatoms. The highest BCUT2D eigenvalue weighted by atomic mass is 19.4. The maximum Gasteiger partial charge on any atom is 0.435 e. The molecule has 3 atom stereocenters. The van der Waals surface area contributed by atoms with E-state index in [4.69, 9.17) is 0 Å². The summed E-state index contributed by atoms with van der Waals surface area (Å²) in [6.07, 6.45) is -10.7. The van der Waals surface area contributed by atoms with E-state index in [2.05, 4.69) is 5.32 Å². The van der Waals surface area contributed by atoms with Crippen LogP contribution in [0.4, 0.5) is 30.7 Å². The summed E-state index contributed by atoms with van der Waals surface area (Å²) in [4.78, 5) is 12.5. The molecule has 0 bridgehead atoms. The van der Waals surface area contributed by atoms with E-state index in [-0.39, 0.29) is 42.2 Å². The van der Waals surface area contributed by atoms with E-state index >= 15 is 0 Å². The average Bonchev–Trinajstić information content (AvgIpc) is 3.07. The fourth-order valence-electron chi connectivity index (χ4n) is 4.82. The van der Waals surface area contributed by atoms with Crippen LogP contribution in [-0.2, 0) is 16.9 Å². The third-order valence-electron chi connectivity index (χ3n) is 6.32. The Hall–Kier alpha value is -1.84. The summed E-state index contributed by atoms with van der Waals surface area (Å²) in [6.45, 7) is 3.16. The lowest BCUT2D eigenvalue weighted by Gasteiger charge is -2.34. The van der Waals surface area contributed by atoms with Gasteiger partial charge < -0.3 is 10.4 Å². The largest absolute Gasteiger partial charge is 0.435 e. The van der Waals surface area contributed by atoms with Gasteiger partial charge in [0.1, 0.15) is 0 Å². The summed E-state index contributed by atoms with van der Waals surface area (Å²) < 4.78 is 92.8. The van der Waals surface area contributed by atoms with Gasteiger partial charge >= 0.3 is 18.0 Å². The van der Waals surface area contributed by atoms with Gasteiger partial charge in [-0.15, -0.1) is 0 Å². The minimum absolute atomic E-state index is 0.0626. The molecular formula is C21H24F7NO2. The lowest BCUT2D eigenvalue weighted by Crippen LogP contribution is -2.50. The normalized spacial score (nSPS) is 24.5. The van der Waals surface area contributed by atoms with Crippen LogP contribution in [0.2, 0.25) is 0 Å². The Bertz CT molecular complexity index is 828. The van der Waals surface area contributed by atoms with Gasteiger partial charge in [-0.3, -0.25) is 4.79 Å². The van der Waals surface area contributed by atoms with Crippen LogP contribution in [0.3, 0.4) is 0 Å². The Morgan fingerprint density at radius 1 is 1.03 bits per heavy atom. The van der Waals surface area contributed by atoms with Gasteiger partial charge in [-0.05, 0) is 62.5 Å². The van der Waals surface area contributed by atoms with Crippen molar-refractivity contribution in [2.45, 2.75) is 69.1 Å². The molecule has 2 N–H and O–H groups in total. The maximum absolute atomic E-state index is 14.4. The summed E-state index contributed by atoms with van der Waals surface area (Å²) in [6, 6.07) is 2.38. The number of carbonyl (C=O) groups is 1. The lowest BCUT2D eigenvalue weighted by atomic mass is 9.73. The second kappa shape index (κ2) is 7.64. The molecule has 0 aliphatic heterocycles. The Balaban J connectivity index is 1.86. The summed E-state index contributed by atoms with van der Waals surface area (Å²) in [5, 5.41) is 12.5. The number of aliphatic hydroxyl groups is 1. The van der Waals surface area contributed by atoms with Gasteiger partial charge in [0, 0.05) is 18.0 Å². The van der Waals surface area contributed by atoms with Crippen molar-refractivity contribution in [2.75, 3.05) is 6.54 Å². The number of amides is 1. The molecule has 3 nitrogen and oxygen atoms in total. The highest BCUT2D eigenvalue weighted by Gasteiger charge is 2.73. The van der Waals surface area contributed by atoms with Crippen molar-refractivity contribution in [3.63, 3.8) is 0 Å². The Labute approximate surface area is 175 Å². The summed E-state index contributed by atoms with van der Waals surface area (Å²) in [7, 11) is 0. The molecule has 0 unspecified atom stereocenters. The molecule has 0 saturated heterocycles. The van der Waals surface area contributed by atoms with Crippen LogP contribution in [0.1, 0.15) is 55.7 Å². The first-order valence-corrected chi connectivity index (χ1v) is 10.0. The third kappa shape index (κ3) is 4.27. The molecule has 0 radical (unpaired) electrons. The zero-order valence-electron chi connectivity index (χ0n) is 17.0. The smallest absolute Gasteiger partial charge is 0.389 e. The Morgan fingerprint density at radius 3 is 2.19 bits per heavy atom. The van der Waals surface area contributed by atoms with E-state index < -0.39 is 29.2 Å². The standard InChI is InChI=1S/C21H24F7NO2/c1-18(2,31)10-29-17(30)16-8-7-14-13-6-4-12(9-11(13)3-5-15(14)16)19(22,20(23,24)25)21(26,27)28/h4,6,9,14-16,31H,3,5,7-8,10H2,1-2H3,(H,29,30)/t14-,15+,16+/m0/s1. The van der Waals surface area contributed by atoms with Gasteiger partial charge in [-0.2, -0.15) is 26.3 Å². The van der Waals surface area contributed by atoms with Crippen molar-refractivity contribution in [2.24, 2.45) is 11.8 Å². The zero-order valence-corrected chi connectivity index (χ0v) is 17.0. The minimum atomic E-state index is -6.15. The van der Waals surface area contributed by atoms with Gasteiger partial charge in [-0.25, -0.2) is 4.39 Å². The summed E-state index contributed by atoms with van der Waals surface area (Å²) in [5.41, 5.74) is -7.17. The van der Waals surface area contributed by atoms with Crippen molar-refractivity contribution in [3.8, 4) is 0 Å². The highest BCUT2D eigenvalue weighted by Crippen LogP contribution is 2.55. The van der Waals surface area contributed by atoms with E-state index in [9.17, 15) is 40.6 Å². The number of rotatable bonds is 4. The molecule has 1 aromatic carbocycles. The molecule has 2 aliphatic rings. The van der Waals surface area contributed by atoms with Crippen molar-refractivity contribution >= 4 is 5.91 Å². The average molecular weight is 455 g/mol. The van der Waals surface area contributed by atoms with Crippen molar-refractivity contribution < 1.29 is 40.6 Å². The van der Waals surface area contributed by atoms with Crippen molar-refractivity contribution in [1.82, 2.24) is 5.32 Å². The first-order valence-electron chi connectivity index (χ1n) is 10.0. The number of fused-ring (bicyclic) bond motifs is 3. The number of aryl methyl sites for hydroxylation is 1. The van der Waals surface area contributed by atoms with Gasteiger partial charge in [0.15, 0.2) is 0 Å². The Morgan fingerprint density at radius 2 is 1.65 bits per heavy atom. The molecular weight excluding hydrogens is 431 g/mol. The van der Waals surface area contributed by atoms with Gasteiger partial charge in [0.05, 0.1) is 5.60 Å². The monoisotopic (exact) mass is 455 g/mol. The van der Waals surface area contributed by atoms with Crippen LogP contribution in [-0.4, -0.2) is 35.5 Å². The predicted molar refractivity (Wildman–Crippen MR) is 97.9 cm³/mol. The van der Waals surface area contributed by atoms with Gasteiger partial charge in [0.25, 0.3) is 0 Å². The number of carbonyl (C=O) groups excluding carboxylic acids is 1. The molecule has 1 amide bonds. The Kier molecular flexibility index (Phi) is 5.87. The van der Waals surface area contributed by atoms with Crippen molar-refractivity contribution in [3.05, 3.63) is 34.9 Å². The quantitative estimate of drug-likeness (QED) is 0.634. The van der Waals surface area contributed by atoms with Gasteiger partial charge in [0.2, 0.25) is 5.91 Å². The van der Waals surface area contributed by atoms with Gasteiger partial charge in [-0.1, -0.05) is 18.2 Å². The topological polar surface area (TPSA) is 49.3 Å². The number of halogens is 7. The molecule has 0 aromatic heterocycles. The molecule has 1 aromatic rings. The van der Waals surface area contributed by atoms with E-state index in [1.807, 2.05) is 0 Å². The molecule has 1 fully saturated rings. The number of benzene rings is 1. The van der Waals surface area contributed by atoms with E-state index in [0.717, 1.165) is 6.07 Å². The first kappa shape index (κ1) is 23.8. The number of alkyl halides is 7. The van der Waals surface area contributed by atoms with Crippen LogP contribution in [0, 0.1) is 11.8 Å². The maximum atomic E-state index is 14.4. The van der Waals surface area contributed by atoms with Crippen LogP contribution < -0.4 is 5.32 Å². The van der Waals surface area contributed by atoms with Crippen molar-refractivity contribution in [1.29, 1.82) is 0 Å². The fraction of sp³-hybridized carbons (Fsp3) is 0.667. The molecule has 2 aliphatic carbocycles. The van der Waals surface area contributed by atoms with Crippen LogP contribution in [0.25, 0.3) is 0 Å². The zero-order chi connectivity index (χ0) is 23.4. The number of nitrogens with one attached hydrogen (secondary N) is 1. The molecule has 174 valence electrons. The van der Waals surface area contributed by atoms with E-state index in [0.29, 0.717) is 37.0 Å². The van der Waals surface area contributed by atoms with E-state index in [1.54, 1.807) is 13.8 Å². The highest BCUT2D eigenvalue weighted by molar-refractivity contribution is 5.79. The minimum Gasteiger partial charge on any atom is -0.389 e. The molecule has 1 saturated carbocycles. The lowest BCUT2D eigenvalue weighted by molar-refractivity contribution is -0.348. The predicted octanol–water partition coefficient (Wildman–Crippen LogP) is 4.92. The van der Waals surface area contributed by atoms with Crippen LogP contribution in [0.5, 0.6) is 0 Å². The number of hydrogen-bond donors (Lipinski definition) is 2. The second-order valence-electron chi connectivity index (χ2n) is 9.09. The molecule has 0 heterocycles. The third-order valence-corrected chi connectivity index (χ3v) is 6.32. The number of hydrogen-bond acceptors (Lipinski definition) is 2. The molecule has 3 rings (SSSR count). The SMILES string of the molecule is CC(C)(O)CNC(=O)[C@@H]1CC[C@H]2c3ccc(C(F)(C(F)(F)F)C(F)(F)F)cc3CC[C@@H]12. The summed E-state index contributed by atoms with van der Waals surface area (Å²) >= 11 is 0. The molecule has 0 spiro atoms. The summed E-state index contributed by atoms with van der Waals surface area (Å²) in [5.74, 6) is -0.889. The second-order valence-corrected chi connectivity index (χ2v) is 9.09. The van der Waals surface area contributed by atoms with E-state index in [1.165, 1.54) is 0 Å². The molecule has 31 heavy (non-hydrogen) atoms. The van der Waals surface area contributed by atoms with Crippen LogP contribution in [0.15, 0.2) is 18.2 Å².